The average Bonchev–Trinajstić information content (AvgIpc) is 3.11. The number of benzene rings is 1. The van der Waals surface area contributed by atoms with Gasteiger partial charge in [0.15, 0.2) is 5.78 Å². The Bertz CT molecular complexity index is 915. The molecule has 31 heavy (non-hydrogen) atoms. The van der Waals surface area contributed by atoms with E-state index >= 15 is 0 Å². The highest BCUT2D eigenvalue weighted by molar-refractivity contribution is 9.10. The van der Waals surface area contributed by atoms with Crippen LogP contribution in [0, 0.1) is 34.5 Å². The van der Waals surface area contributed by atoms with Crippen LogP contribution in [0.1, 0.15) is 70.8 Å². The maximum atomic E-state index is 13.3. The van der Waals surface area contributed by atoms with Gasteiger partial charge in [-0.3, -0.25) is 4.79 Å². The van der Waals surface area contributed by atoms with Gasteiger partial charge < -0.3 is 5.11 Å². The number of carbonyl (C=O) groups is 1. The van der Waals surface area contributed by atoms with Gasteiger partial charge in [0.25, 0.3) is 0 Å². The molecular weight excluding hydrogens is 448 g/mol. The van der Waals surface area contributed by atoms with Crippen molar-refractivity contribution in [3.63, 3.8) is 0 Å². The molecule has 0 aromatic heterocycles. The zero-order valence-electron chi connectivity index (χ0n) is 18.8. The van der Waals surface area contributed by atoms with Crippen molar-refractivity contribution in [2.75, 3.05) is 0 Å². The standard InChI is InChI=1S/C28H35BrO2/c1-27-15-13-21(30)17-19(27)6-9-22-23-10-11-25(28(23,2)16-14-24(22)27)26(31)12-5-18-3-7-20(29)8-4-18/h3-8,12,21-25,30H,9-11,13-17H2,1-2H3/b12-5+/t21-,22-,23-,24-,25+,27-,28-/m0/s1. The summed E-state index contributed by atoms with van der Waals surface area (Å²) >= 11 is 3.47. The first-order valence-corrected chi connectivity index (χ1v) is 13.0. The molecule has 0 heterocycles. The van der Waals surface area contributed by atoms with Gasteiger partial charge in [-0.2, -0.15) is 0 Å². The summed E-state index contributed by atoms with van der Waals surface area (Å²) in [6.45, 7) is 4.89. The predicted octanol–water partition coefficient (Wildman–Crippen LogP) is 6.97. The van der Waals surface area contributed by atoms with Crippen LogP contribution in [0.15, 0.2) is 46.5 Å². The summed E-state index contributed by atoms with van der Waals surface area (Å²) in [6, 6.07) is 8.14. The second-order valence-corrected chi connectivity index (χ2v) is 12.0. The second-order valence-electron chi connectivity index (χ2n) is 11.1. The molecule has 3 saturated carbocycles. The highest BCUT2D eigenvalue weighted by Crippen LogP contribution is 2.66. The molecule has 3 heteroatoms. The molecule has 2 nitrogen and oxygen atoms in total. The van der Waals surface area contributed by atoms with Crippen LogP contribution in [0.3, 0.4) is 0 Å². The average molecular weight is 483 g/mol. The van der Waals surface area contributed by atoms with Crippen molar-refractivity contribution in [3.05, 3.63) is 52.0 Å². The minimum Gasteiger partial charge on any atom is -0.393 e. The van der Waals surface area contributed by atoms with E-state index < -0.39 is 0 Å². The fourth-order valence-corrected chi connectivity index (χ4v) is 8.24. The van der Waals surface area contributed by atoms with E-state index in [1.165, 1.54) is 24.8 Å². The van der Waals surface area contributed by atoms with Gasteiger partial charge in [0.2, 0.25) is 0 Å². The largest absolute Gasteiger partial charge is 0.393 e. The molecule has 0 spiro atoms. The van der Waals surface area contributed by atoms with Crippen LogP contribution in [0.2, 0.25) is 0 Å². The van der Waals surface area contributed by atoms with E-state index in [-0.39, 0.29) is 22.9 Å². The number of aliphatic hydroxyl groups excluding tert-OH is 1. The molecule has 0 aliphatic heterocycles. The molecule has 166 valence electrons. The Morgan fingerprint density at radius 3 is 2.61 bits per heavy atom. The third-order valence-corrected chi connectivity index (χ3v) is 10.3. The van der Waals surface area contributed by atoms with E-state index in [0.29, 0.717) is 17.6 Å². The van der Waals surface area contributed by atoms with Crippen molar-refractivity contribution in [1.82, 2.24) is 0 Å². The maximum Gasteiger partial charge on any atom is 0.159 e. The lowest BCUT2D eigenvalue weighted by molar-refractivity contribution is -0.124. The number of carbonyl (C=O) groups excluding carboxylic acids is 1. The number of rotatable bonds is 3. The molecule has 0 unspecified atom stereocenters. The van der Waals surface area contributed by atoms with Gasteiger partial charge in [0.05, 0.1) is 6.10 Å². The first kappa shape index (κ1) is 21.6. The van der Waals surface area contributed by atoms with Gasteiger partial charge in [-0.15, -0.1) is 0 Å². The first-order valence-electron chi connectivity index (χ1n) is 12.2. The number of ketones is 1. The first-order chi connectivity index (χ1) is 14.8. The molecule has 4 aliphatic carbocycles. The van der Waals surface area contributed by atoms with Gasteiger partial charge in [0, 0.05) is 10.4 Å². The van der Waals surface area contributed by atoms with Crippen LogP contribution in [0.5, 0.6) is 0 Å². The molecule has 0 bridgehead atoms. The number of aliphatic hydroxyl groups is 1. The van der Waals surface area contributed by atoms with Crippen LogP contribution in [-0.4, -0.2) is 17.0 Å². The molecule has 0 saturated heterocycles. The summed E-state index contributed by atoms with van der Waals surface area (Å²) in [7, 11) is 0. The number of hydrogen-bond acceptors (Lipinski definition) is 2. The van der Waals surface area contributed by atoms with E-state index in [2.05, 4.69) is 35.9 Å². The van der Waals surface area contributed by atoms with Crippen LogP contribution in [0.25, 0.3) is 6.08 Å². The summed E-state index contributed by atoms with van der Waals surface area (Å²) in [4.78, 5) is 13.3. The maximum absolute atomic E-state index is 13.3. The van der Waals surface area contributed by atoms with E-state index in [4.69, 9.17) is 0 Å². The number of fused-ring (bicyclic) bond motifs is 5. The Morgan fingerprint density at radius 1 is 1.06 bits per heavy atom. The summed E-state index contributed by atoms with van der Waals surface area (Å²) < 4.78 is 1.06. The summed E-state index contributed by atoms with van der Waals surface area (Å²) in [5, 5.41) is 10.2. The number of hydrogen-bond donors (Lipinski definition) is 1. The normalized spacial score (nSPS) is 41.9. The zero-order chi connectivity index (χ0) is 21.8. The summed E-state index contributed by atoms with van der Waals surface area (Å²) in [5.74, 6) is 2.57. The van der Waals surface area contributed by atoms with Crippen molar-refractivity contribution < 1.29 is 9.90 Å². The summed E-state index contributed by atoms with van der Waals surface area (Å²) in [5.41, 5.74) is 3.02. The van der Waals surface area contributed by atoms with Gasteiger partial charge in [0.1, 0.15) is 0 Å². The second kappa shape index (κ2) is 7.99. The van der Waals surface area contributed by atoms with Crippen molar-refractivity contribution in [1.29, 1.82) is 0 Å². The third-order valence-electron chi connectivity index (χ3n) is 9.73. The van der Waals surface area contributed by atoms with Crippen LogP contribution < -0.4 is 0 Å². The van der Waals surface area contributed by atoms with Gasteiger partial charge in [-0.05, 0) is 104 Å². The Hall–Kier alpha value is -1.19. The Labute approximate surface area is 195 Å². The molecule has 1 aromatic carbocycles. The fraction of sp³-hybridized carbons (Fsp3) is 0.607. The monoisotopic (exact) mass is 482 g/mol. The van der Waals surface area contributed by atoms with E-state index in [1.54, 1.807) is 0 Å². The minimum absolute atomic E-state index is 0.137. The predicted molar refractivity (Wildman–Crippen MR) is 129 cm³/mol. The Kier molecular flexibility index (Phi) is 5.58. The molecule has 0 radical (unpaired) electrons. The molecule has 1 N–H and O–H groups in total. The molecule has 3 fully saturated rings. The molecule has 7 atom stereocenters. The molecular formula is C28H35BrO2. The lowest BCUT2D eigenvalue weighted by Crippen LogP contribution is -2.50. The van der Waals surface area contributed by atoms with Gasteiger partial charge in [-0.1, -0.05) is 59.6 Å². The smallest absolute Gasteiger partial charge is 0.159 e. The fourth-order valence-electron chi connectivity index (χ4n) is 7.98. The highest BCUT2D eigenvalue weighted by atomic mass is 79.9. The van der Waals surface area contributed by atoms with E-state index in [9.17, 15) is 9.90 Å². The van der Waals surface area contributed by atoms with Crippen LogP contribution >= 0.6 is 15.9 Å². The molecule has 1 aromatic rings. The topological polar surface area (TPSA) is 37.3 Å². The highest BCUT2D eigenvalue weighted by Gasteiger charge is 2.59. The van der Waals surface area contributed by atoms with E-state index in [1.807, 2.05) is 36.4 Å². The third kappa shape index (κ3) is 3.60. The lowest BCUT2D eigenvalue weighted by atomic mass is 9.47. The minimum atomic E-state index is -0.143. The van der Waals surface area contributed by atoms with Crippen LogP contribution in [0.4, 0.5) is 0 Å². The number of allylic oxidation sites excluding steroid dienone is 2. The molecule has 4 aliphatic rings. The molecule has 5 rings (SSSR count). The number of halogens is 1. The molecule has 0 amide bonds. The van der Waals surface area contributed by atoms with Crippen molar-refractivity contribution in [2.45, 2.75) is 71.3 Å². The quantitative estimate of drug-likeness (QED) is 0.372. The summed E-state index contributed by atoms with van der Waals surface area (Å²) in [6.07, 6.45) is 14.9. The Morgan fingerprint density at radius 2 is 1.84 bits per heavy atom. The zero-order valence-corrected chi connectivity index (χ0v) is 20.4. The van der Waals surface area contributed by atoms with Crippen molar-refractivity contribution in [3.8, 4) is 0 Å². The van der Waals surface area contributed by atoms with Gasteiger partial charge >= 0.3 is 0 Å². The van der Waals surface area contributed by atoms with Crippen molar-refractivity contribution >= 4 is 27.8 Å². The SMILES string of the molecule is C[C@]12CC[C@H]3[C@@H](CC=C4C[C@@H](O)CC[C@@]43C)[C@@H]1CC[C@@H]2C(=O)/C=C/c1ccc(Br)cc1. The Balaban J connectivity index is 1.35. The van der Waals surface area contributed by atoms with Gasteiger partial charge in [-0.25, -0.2) is 0 Å². The lowest BCUT2D eigenvalue weighted by Gasteiger charge is -2.57. The van der Waals surface area contributed by atoms with Crippen LogP contribution in [-0.2, 0) is 4.79 Å². The van der Waals surface area contributed by atoms with E-state index in [0.717, 1.165) is 48.1 Å². The van der Waals surface area contributed by atoms with Crippen molar-refractivity contribution in [2.24, 2.45) is 34.5 Å².